The Kier molecular flexibility index (Phi) is 5.60. The summed E-state index contributed by atoms with van der Waals surface area (Å²) in [6.07, 6.45) is 2.56. The largest absolute Gasteiger partial charge is 0.493 e. The van der Waals surface area contributed by atoms with Crippen molar-refractivity contribution in [1.29, 1.82) is 0 Å². The zero-order valence-electron chi connectivity index (χ0n) is 13.7. The van der Waals surface area contributed by atoms with Crippen molar-refractivity contribution in [2.75, 3.05) is 12.5 Å². The number of methoxy groups -OCH3 is 1. The minimum atomic E-state index is -0.728. The smallest absolute Gasteiger partial charge is 0.260 e. The Morgan fingerprint density at radius 2 is 1.96 bits per heavy atom. The summed E-state index contributed by atoms with van der Waals surface area (Å²) in [5.74, 6) is -0.332. The van der Waals surface area contributed by atoms with Gasteiger partial charge in [0, 0.05) is 0 Å². The minimum absolute atomic E-state index is 0.115. The third-order valence-electron chi connectivity index (χ3n) is 3.26. The van der Waals surface area contributed by atoms with Crippen molar-refractivity contribution in [2.45, 2.75) is 0 Å². The van der Waals surface area contributed by atoms with E-state index in [1.165, 1.54) is 7.11 Å². The molecule has 1 heterocycles. The molecule has 0 amide bonds. The molecule has 3 rings (SSSR count). The second kappa shape index (κ2) is 8.26. The van der Waals surface area contributed by atoms with E-state index in [9.17, 15) is 4.39 Å². The monoisotopic (exact) mass is 372 g/mol. The molecule has 0 bridgehead atoms. The van der Waals surface area contributed by atoms with E-state index in [0.717, 1.165) is 17.4 Å². The van der Waals surface area contributed by atoms with Crippen LogP contribution in [0.5, 0.6) is 17.4 Å². The van der Waals surface area contributed by atoms with Crippen molar-refractivity contribution in [3.05, 3.63) is 71.4 Å². The third-order valence-corrected chi connectivity index (χ3v) is 3.44. The molecule has 0 saturated heterocycles. The van der Waals surface area contributed by atoms with Crippen molar-refractivity contribution in [2.24, 2.45) is 5.10 Å². The lowest BCUT2D eigenvalue weighted by molar-refractivity contribution is 0.363. The second-order valence-corrected chi connectivity index (χ2v) is 5.38. The first kappa shape index (κ1) is 17.6. The molecule has 1 aromatic heterocycles. The van der Waals surface area contributed by atoms with Gasteiger partial charge in [-0.1, -0.05) is 18.2 Å². The zero-order chi connectivity index (χ0) is 18.4. The van der Waals surface area contributed by atoms with Gasteiger partial charge >= 0.3 is 0 Å². The van der Waals surface area contributed by atoms with E-state index in [1.54, 1.807) is 24.4 Å². The summed E-state index contributed by atoms with van der Waals surface area (Å²) < 4.78 is 24.5. The summed E-state index contributed by atoms with van der Waals surface area (Å²) >= 11 is 5.67. The molecule has 0 atom stereocenters. The maximum Gasteiger partial charge on any atom is 0.260 e. The number of hydrogen-bond acceptors (Lipinski definition) is 6. The van der Waals surface area contributed by atoms with Crippen LogP contribution in [-0.4, -0.2) is 23.3 Å². The maximum absolute atomic E-state index is 13.7. The van der Waals surface area contributed by atoms with Crippen LogP contribution < -0.4 is 14.9 Å². The van der Waals surface area contributed by atoms with E-state index in [1.807, 2.05) is 30.3 Å². The van der Waals surface area contributed by atoms with Crippen LogP contribution in [0.4, 0.5) is 10.1 Å². The van der Waals surface area contributed by atoms with Crippen molar-refractivity contribution in [1.82, 2.24) is 9.97 Å². The molecule has 0 fully saturated rings. The van der Waals surface area contributed by atoms with E-state index >= 15 is 0 Å². The number of rotatable bonds is 6. The van der Waals surface area contributed by atoms with Crippen LogP contribution >= 0.6 is 11.6 Å². The molecular formula is C18H14ClFN4O2. The summed E-state index contributed by atoms with van der Waals surface area (Å²) in [7, 11) is 1.48. The normalized spacial score (nSPS) is 10.7. The number of aromatic nitrogens is 2. The summed E-state index contributed by atoms with van der Waals surface area (Å²) in [5, 5.41) is 4.04. The van der Waals surface area contributed by atoms with Gasteiger partial charge in [0.1, 0.15) is 0 Å². The number of anilines is 1. The zero-order valence-corrected chi connectivity index (χ0v) is 14.4. The lowest BCUT2D eigenvalue weighted by Crippen LogP contribution is -1.97. The van der Waals surface area contributed by atoms with Crippen LogP contribution in [0.15, 0.2) is 59.8 Å². The quantitative estimate of drug-likeness (QED) is 0.391. The number of halogens is 2. The molecule has 26 heavy (non-hydrogen) atoms. The number of nitrogens with zero attached hydrogens (tertiary/aromatic N) is 3. The van der Waals surface area contributed by atoms with Gasteiger partial charge < -0.3 is 9.47 Å². The van der Waals surface area contributed by atoms with Gasteiger partial charge in [-0.15, -0.1) is 0 Å². The van der Waals surface area contributed by atoms with Gasteiger partial charge in [-0.3, -0.25) is 5.43 Å². The Hall–Kier alpha value is -3.19. The van der Waals surface area contributed by atoms with Crippen LogP contribution in [-0.2, 0) is 0 Å². The number of hydrazone groups is 1. The second-order valence-electron chi connectivity index (χ2n) is 5.04. The topological polar surface area (TPSA) is 68.6 Å². The predicted molar refractivity (Wildman–Crippen MR) is 97.7 cm³/mol. The molecule has 1 N–H and O–H groups in total. The number of ether oxygens (including phenoxy) is 2. The van der Waals surface area contributed by atoms with Crippen molar-refractivity contribution < 1.29 is 13.9 Å². The fraction of sp³-hybridized carbons (Fsp3) is 0.0556. The average molecular weight is 373 g/mol. The van der Waals surface area contributed by atoms with Gasteiger partial charge in [-0.25, -0.2) is 4.98 Å². The first-order chi connectivity index (χ1) is 12.7. The van der Waals surface area contributed by atoms with Crippen LogP contribution in [0.3, 0.4) is 0 Å². The Morgan fingerprint density at radius 1 is 1.15 bits per heavy atom. The van der Waals surface area contributed by atoms with E-state index in [2.05, 4.69) is 20.5 Å². The molecule has 0 saturated carbocycles. The van der Waals surface area contributed by atoms with E-state index in [-0.39, 0.29) is 16.9 Å². The first-order valence-corrected chi connectivity index (χ1v) is 7.91. The van der Waals surface area contributed by atoms with E-state index in [0.29, 0.717) is 5.75 Å². The Bertz CT molecular complexity index is 922. The van der Waals surface area contributed by atoms with Gasteiger partial charge in [-0.2, -0.15) is 14.5 Å². The maximum atomic E-state index is 13.7. The predicted octanol–water partition coefficient (Wildman–Crippen LogP) is 4.52. The summed E-state index contributed by atoms with van der Waals surface area (Å²) in [6.45, 7) is 0. The highest BCUT2D eigenvalue weighted by Crippen LogP contribution is 2.32. The molecule has 0 aliphatic rings. The summed E-state index contributed by atoms with van der Waals surface area (Å²) in [5.41, 5.74) is 4.55. The van der Waals surface area contributed by atoms with Crippen LogP contribution in [0, 0.1) is 5.82 Å². The van der Waals surface area contributed by atoms with Crippen LogP contribution in [0.25, 0.3) is 0 Å². The van der Waals surface area contributed by atoms with Gasteiger partial charge in [-0.05, 0) is 47.5 Å². The van der Waals surface area contributed by atoms with Crippen LogP contribution in [0.1, 0.15) is 5.56 Å². The molecule has 132 valence electrons. The van der Waals surface area contributed by atoms with E-state index in [4.69, 9.17) is 21.1 Å². The van der Waals surface area contributed by atoms with Crippen LogP contribution in [0.2, 0.25) is 5.28 Å². The Labute approximate surface area is 154 Å². The van der Waals surface area contributed by atoms with Gasteiger partial charge in [0.15, 0.2) is 11.5 Å². The Morgan fingerprint density at radius 3 is 2.73 bits per heavy atom. The lowest BCUT2D eigenvalue weighted by Gasteiger charge is -2.10. The fourth-order valence-corrected chi connectivity index (χ4v) is 2.18. The van der Waals surface area contributed by atoms with Crippen molar-refractivity contribution in [3.63, 3.8) is 0 Å². The molecule has 3 aromatic rings. The number of nitrogens with one attached hydrogen (secondary N) is 1. The molecule has 0 aliphatic carbocycles. The first-order valence-electron chi connectivity index (χ1n) is 7.54. The highest BCUT2D eigenvalue weighted by Gasteiger charge is 2.12. The molecule has 0 radical (unpaired) electrons. The Balaban J connectivity index is 1.76. The molecular weight excluding hydrogens is 359 g/mol. The summed E-state index contributed by atoms with van der Waals surface area (Å²) in [4.78, 5) is 7.25. The number of hydrogen-bond donors (Lipinski definition) is 1. The highest BCUT2D eigenvalue weighted by atomic mass is 35.5. The lowest BCUT2D eigenvalue weighted by atomic mass is 10.2. The van der Waals surface area contributed by atoms with Crippen molar-refractivity contribution >= 4 is 23.5 Å². The van der Waals surface area contributed by atoms with Crippen molar-refractivity contribution in [3.8, 4) is 17.4 Å². The molecule has 0 spiro atoms. The number of para-hydroxylation sites is 1. The SMILES string of the molecule is COc1cc(C=NNc2ccccc2)ccc1Oc1nc(Cl)ncc1F. The molecule has 8 heteroatoms. The average Bonchev–Trinajstić information content (AvgIpc) is 2.66. The third kappa shape index (κ3) is 4.46. The van der Waals surface area contributed by atoms with E-state index < -0.39 is 5.82 Å². The molecule has 0 unspecified atom stereocenters. The minimum Gasteiger partial charge on any atom is -0.493 e. The van der Waals surface area contributed by atoms with Gasteiger partial charge in [0.25, 0.3) is 5.88 Å². The molecule has 0 aliphatic heterocycles. The highest BCUT2D eigenvalue weighted by molar-refractivity contribution is 6.28. The molecule has 6 nitrogen and oxygen atoms in total. The molecule has 2 aromatic carbocycles. The standard InChI is InChI=1S/C18H14ClFN4O2/c1-25-16-9-12(10-22-24-13-5-3-2-4-6-13)7-8-15(16)26-17-14(20)11-21-18(19)23-17/h2-11,24H,1H3. The fourth-order valence-electron chi connectivity index (χ4n) is 2.05. The van der Waals surface area contributed by atoms with Gasteiger partial charge in [0.05, 0.1) is 25.2 Å². The number of benzene rings is 2. The summed E-state index contributed by atoms with van der Waals surface area (Å²) in [6, 6.07) is 14.6. The van der Waals surface area contributed by atoms with Gasteiger partial charge in [0.2, 0.25) is 11.1 Å².